The molecular formula is C16H26N2O. The second-order valence-corrected chi connectivity index (χ2v) is 5.71. The minimum atomic E-state index is 0.0988. The number of carbonyl (C=O) groups is 1. The summed E-state index contributed by atoms with van der Waals surface area (Å²) in [7, 11) is 0. The van der Waals surface area contributed by atoms with E-state index in [2.05, 4.69) is 38.3 Å². The molecular weight excluding hydrogens is 236 g/mol. The van der Waals surface area contributed by atoms with Crippen LogP contribution in [0.4, 0.5) is 5.69 Å². The Labute approximate surface area is 116 Å². The summed E-state index contributed by atoms with van der Waals surface area (Å²) >= 11 is 0. The monoisotopic (exact) mass is 262 g/mol. The molecule has 0 spiro atoms. The van der Waals surface area contributed by atoms with E-state index < -0.39 is 0 Å². The number of benzene rings is 1. The molecule has 0 aromatic heterocycles. The van der Waals surface area contributed by atoms with Gasteiger partial charge in [-0.15, -0.1) is 0 Å². The van der Waals surface area contributed by atoms with Crippen LogP contribution in [-0.2, 0) is 11.3 Å². The standard InChI is InChI=1S/C16H26N2O/c1-12(2)5-10-16(19)18-15-8-6-14(7-9-15)11-17-13(3)4/h6-9,12-13,17H,5,10-11H2,1-4H3,(H,18,19). The van der Waals surface area contributed by atoms with Crippen molar-refractivity contribution in [2.75, 3.05) is 5.32 Å². The van der Waals surface area contributed by atoms with E-state index in [-0.39, 0.29) is 5.91 Å². The van der Waals surface area contributed by atoms with Crippen molar-refractivity contribution in [1.29, 1.82) is 0 Å². The van der Waals surface area contributed by atoms with Gasteiger partial charge in [0.15, 0.2) is 0 Å². The first-order valence-electron chi connectivity index (χ1n) is 7.09. The molecule has 1 amide bonds. The van der Waals surface area contributed by atoms with E-state index in [0.717, 1.165) is 18.7 Å². The SMILES string of the molecule is CC(C)CCC(=O)Nc1ccc(CNC(C)C)cc1. The zero-order valence-corrected chi connectivity index (χ0v) is 12.5. The van der Waals surface area contributed by atoms with Gasteiger partial charge in [-0.2, -0.15) is 0 Å². The summed E-state index contributed by atoms with van der Waals surface area (Å²) in [6.45, 7) is 9.37. The normalized spacial score (nSPS) is 11.1. The second kappa shape index (κ2) is 7.95. The number of rotatable bonds is 7. The Bertz CT molecular complexity index is 382. The molecule has 0 atom stereocenters. The Hall–Kier alpha value is -1.35. The van der Waals surface area contributed by atoms with Crippen molar-refractivity contribution in [3.63, 3.8) is 0 Å². The lowest BCUT2D eigenvalue weighted by atomic mass is 10.1. The van der Waals surface area contributed by atoms with Gasteiger partial charge in [-0.05, 0) is 30.0 Å². The first-order chi connectivity index (χ1) is 8.97. The van der Waals surface area contributed by atoms with Crippen molar-refractivity contribution in [2.24, 2.45) is 5.92 Å². The number of carbonyl (C=O) groups excluding carboxylic acids is 1. The molecule has 0 bridgehead atoms. The Balaban J connectivity index is 2.41. The lowest BCUT2D eigenvalue weighted by Crippen LogP contribution is -2.21. The summed E-state index contributed by atoms with van der Waals surface area (Å²) in [6, 6.07) is 8.51. The van der Waals surface area contributed by atoms with Gasteiger partial charge in [0, 0.05) is 24.7 Å². The van der Waals surface area contributed by atoms with Gasteiger partial charge in [-0.1, -0.05) is 39.8 Å². The Morgan fingerprint density at radius 3 is 2.26 bits per heavy atom. The molecule has 0 heterocycles. The van der Waals surface area contributed by atoms with E-state index in [0.29, 0.717) is 18.4 Å². The van der Waals surface area contributed by atoms with E-state index >= 15 is 0 Å². The van der Waals surface area contributed by atoms with Crippen LogP contribution in [0.5, 0.6) is 0 Å². The maximum Gasteiger partial charge on any atom is 0.224 e. The summed E-state index contributed by atoms with van der Waals surface area (Å²) in [6.07, 6.45) is 1.52. The fraction of sp³-hybridized carbons (Fsp3) is 0.562. The van der Waals surface area contributed by atoms with E-state index in [4.69, 9.17) is 0 Å². The van der Waals surface area contributed by atoms with Gasteiger partial charge in [0.2, 0.25) is 5.91 Å². The fourth-order valence-corrected chi connectivity index (χ4v) is 1.67. The van der Waals surface area contributed by atoms with Gasteiger partial charge in [0.25, 0.3) is 0 Å². The molecule has 0 fully saturated rings. The molecule has 1 aromatic carbocycles. The fourth-order valence-electron chi connectivity index (χ4n) is 1.67. The lowest BCUT2D eigenvalue weighted by Gasteiger charge is -2.10. The van der Waals surface area contributed by atoms with Crippen LogP contribution >= 0.6 is 0 Å². The molecule has 0 saturated heterocycles. The maximum atomic E-state index is 11.7. The Kier molecular flexibility index (Phi) is 6.57. The van der Waals surface area contributed by atoms with Crippen molar-refractivity contribution < 1.29 is 4.79 Å². The summed E-state index contributed by atoms with van der Waals surface area (Å²) in [5.74, 6) is 0.664. The van der Waals surface area contributed by atoms with Crippen molar-refractivity contribution in [3.8, 4) is 0 Å². The summed E-state index contributed by atoms with van der Waals surface area (Å²) in [4.78, 5) is 11.7. The molecule has 106 valence electrons. The summed E-state index contributed by atoms with van der Waals surface area (Å²) < 4.78 is 0. The quantitative estimate of drug-likeness (QED) is 0.789. The highest BCUT2D eigenvalue weighted by Gasteiger charge is 2.04. The molecule has 3 heteroatoms. The van der Waals surface area contributed by atoms with Crippen LogP contribution in [0.3, 0.4) is 0 Å². The lowest BCUT2D eigenvalue weighted by molar-refractivity contribution is -0.116. The largest absolute Gasteiger partial charge is 0.326 e. The average Bonchev–Trinajstić information content (AvgIpc) is 2.35. The van der Waals surface area contributed by atoms with E-state index in [1.807, 2.05) is 24.3 Å². The molecule has 19 heavy (non-hydrogen) atoms. The van der Waals surface area contributed by atoms with Crippen LogP contribution in [0, 0.1) is 5.92 Å². The maximum absolute atomic E-state index is 11.7. The van der Waals surface area contributed by atoms with E-state index in [9.17, 15) is 4.79 Å². The first kappa shape index (κ1) is 15.7. The van der Waals surface area contributed by atoms with Gasteiger partial charge in [-0.3, -0.25) is 4.79 Å². The Morgan fingerprint density at radius 2 is 1.74 bits per heavy atom. The average molecular weight is 262 g/mol. The van der Waals surface area contributed by atoms with E-state index in [1.165, 1.54) is 5.56 Å². The van der Waals surface area contributed by atoms with Gasteiger partial charge < -0.3 is 10.6 Å². The molecule has 0 aliphatic carbocycles. The van der Waals surface area contributed by atoms with Gasteiger partial charge in [0.1, 0.15) is 0 Å². The smallest absolute Gasteiger partial charge is 0.224 e. The molecule has 1 rings (SSSR count). The van der Waals surface area contributed by atoms with Crippen LogP contribution in [0.1, 0.15) is 46.1 Å². The minimum absolute atomic E-state index is 0.0988. The van der Waals surface area contributed by atoms with Gasteiger partial charge >= 0.3 is 0 Å². The van der Waals surface area contributed by atoms with Crippen LogP contribution in [0.25, 0.3) is 0 Å². The molecule has 1 aromatic rings. The molecule has 0 aliphatic heterocycles. The number of hydrogen-bond donors (Lipinski definition) is 2. The topological polar surface area (TPSA) is 41.1 Å². The van der Waals surface area contributed by atoms with Crippen LogP contribution in [0.15, 0.2) is 24.3 Å². The van der Waals surface area contributed by atoms with Crippen LogP contribution < -0.4 is 10.6 Å². The molecule has 0 radical (unpaired) electrons. The van der Waals surface area contributed by atoms with Gasteiger partial charge in [0.05, 0.1) is 0 Å². The van der Waals surface area contributed by atoms with Gasteiger partial charge in [-0.25, -0.2) is 0 Å². The van der Waals surface area contributed by atoms with E-state index in [1.54, 1.807) is 0 Å². The van der Waals surface area contributed by atoms with Crippen LogP contribution in [0.2, 0.25) is 0 Å². The van der Waals surface area contributed by atoms with Crippen molar-refractivity contribution in [3.05, 3.63) is 29.8 Å². The molecule has 0 aliphatic rings. The number of hydrogen-bond acceptors (Lipinski definition) is 2. The number of nitrogens with one attached hydrogen (secondary N) is 2. The molecule has 2 N–H and O–H groups in total. The summed E-state index contributed by atoms with van der Waals surface area (Å²) in [5.41, 5.74) is 2.11. The highest BCUT2D eigenvalue weighted by Crippen LogP contribution is 2.11. The predicted octanol–water partition coefficient (Wildman–Crippen LogP) is 3.56. The highest BCUT2D eigenvalue weighted by atomic mass is 16.1. The highest BCUT2D eigenvalue weighted by molar-refractivity contribution is 5.90. The first-order valence-corrected chi connectivity index (χ1v) is 7.09. The number of amides is 1. The molecule has 0 saturated carbocycles. The van der Waals surface area contributed by atoms with Crippen LogP contribution in [-0.4, -0.2) is 11.9 Å². The minimum Gasteiger partial charge on any atom is -0.326 e. The second-order valence-electron chi connectivity index (χ2n) is 5.71. The van der Waals surface area contributed by atoms with Crippen molar-refractivity contribution >= 4 is 11.6 Å². The van der Waals surface area contributed by atoms with Crippen molar-refractivity contribution in [2.45, 2.75) is 53.1 Å². The summed E-state index contributed by atoms with van der Waals surface area (Å²) in [5, 5.41) is 6.30. The zero-order chi connectivity index (χ0) is 14.3. The van der Waals surface area contributed by atoms with Crippen molar-refractivity contribution in [1.82, 2.24) is 5.32 Å². The third kappa shape index (κ3) is 6.97. The molecule has 0 unspecified atom stereocenters. The zero-order valence-electron chi connectivity index (χ0n) is 12.5. The Morgan fingerprint density at radius 1 is 1.11 bits per heavy atom. The number of anilines is 1. The molecule has 3 nitrogen and oxygen atoms in total. The third-order valence-corrected chi connectivity index (χ3v) is 2.90. The predicted molar refractivity (Wildman–Crippen MR) is 81.1 cm³/mol. The third-order valence-electron chi connectivity index (χ3n) is 2.90.